The highest BCUT2D eigenvalue weighted by Crippen LogP contribution is 2.10. The number of ketones is 1. The van der Waals surface area contributed by atoms with E-state index < -0.39 is 29.9 Å². The normalized spacial score (nSPS) is 11.9. The van der Waals surface area contributed by atoms with Crippen LogP contribution in [0.25, 0.3) is 0 Å². The Balaban J connectivity index is 2.38. The predicted molar refractivity (Wildman–Crippen MR) is 85.4 cm³/mol. The molecule has 0 bridgehead atoms. The number of amides is 2. The van der Waals surface area contributed by atoms with E-state index in [0.717, 1.165) is 12.1 Å². The Morgan fingerprint density at radius 1 is 1.04 bits per heavy atom. The van der Waals surface area contributed by atoms with Crippen molar-refractivity contribution in [1.82, 2.24) is 10.6 Å². The second kappa shape index (κ2) is 9.10. The van der Waals surface area contributed by atoms with Gasteiger partial charge in [-0.1, -0.05) is 13.8 Å². The van der Waals surface area contributed by atoms with Gasteiger partial charge in [0.25, 0.3) is 0 Å². The summed E-state index contributed by atoms with van der Waals surface area (Å²) in [5.74, 6) is -2.88. The SMILES string of the molecule is CC(C)[C@H](C)NC(=O)CCC(=O)NCC(=O)c1ccc(F)cc1F. The van der Waals surface area contributed by atoms with E-state index in [1.54, 1.807) is 0 Å². The smallest absolute Gasteiger partial charge is 0.220 e. The molecule has 1 aromatic carbocycles. The summed E-state index contributed by atoms with van der Waals surface area (Å²) < 4.78 is 26.2. The van der Waals surface area contributed by atoms with Crippen LogP contribution in [0.3, 0.4) is 0 Å². The van der Waals surface area contributed by atoms with Gasteiger partial charge < -0.3 is 10.6 Å². The number of benzene rings is 1. The molecule has 1 aromatic rings. The van der Waals surface area contributed by atoms with Crippen LogP contribution in [-0.2, 0) is 9.59 Å². The number of Topliss-reactive ketones (excluding diaryl/α,β-unsaturated/α-hetero) is 1. The molecule has 0 aliphatic heterocycles. The zero-order chi connectivity index (χ0) is 18.3. The zero-order valence-electron chi connectivity index (χ0n) is 14.0. The Kier molecular flexibility index (Phi) is 7.48. The van der Waals surface area contributed by atoms with E-state index in [0.29, 0.717) is 6.07 Å². The van der Waals surface area contributed by atoms with E-state index in [1.807, 2.05) is 20.8 Å². The van der Waals surface area contributed by atoms with Gasteiger partial charge in [0, 0.05) is 24.9 Å². The number of carbonyl (C=O) groups is 3. The molecule has 7 heteroatoms. The maximum atomic E-state index is 13.4. The lowest BCUT2D eigenvalue weighted by atomic mass is 10.1. The standard InChI is InChI=1S/C17H22F2N2O3/c1-10(2)11(3)21-17(24)7-6-16(23)20-9-15(22)13-5-4-12(18)8-14(13)19/h4-5,8,10-11H,6-7,9H2,1-3H3,(H,20,23)(H,21,24)/t11-/m0/s1. The monoisotopic (exact) mass is 340 g/mol. The molecule has 0 fully saturated rings. The largest absolute Gasteiger partial charge is 0.353 e. The highest BCUT2D eigenvalue weighted by atomic mass is 19.1. The van der Waals surface area contributed by atoms with E-state index >= 15 is 0 Å². The molecule has 1 atom stereocenters. The molecule has 0 aromatic heterocycles. The topological polar surface area (TPSA) is 75.3 Å². The molecule has 0 spiro atoms. The predicted octanol–water partition coefficient (Wildman–Crippen LogP) is 2.20. The third kappa shape index (κ3) is 6.44. The highest BCUT2D eigenvalue weighted by molar-refractivity contribution is 5.99. The molecule has 0 aliphatic rings. The molecule has 0 aliphatic carbocycles. The molecule has 0 unspecified atom stereocenters. The van der Waals surface area contributed by atoms with Crippen molar-refractivity contribution in [3.63, 3.8) is 0 Å². The quantitative estimate of drug-likeness (QED) is 0.713. The Labute approximate surface area is 139 Å². The van der Waals surface area contributed by atoms with Crippen LogP contribution in [0, 0.1) is 17.6 Å². The first kappa shape index (κ1) is 19.7. The van der Waals surface area contributed by atoms with Crippen LogP contribution in [0.4, 0.5) is 8.78 Å². The third-order valence-electron chi connectivity index (χ3n) is 3.65. The first-order chi connectivity index (χ1) is 11.2. The summed E-state index contributed by atoms with van der Waals surface area (Å²) >= 11 is 0. The van der Waals surface area contributed by atoms with Gasteiger partial charge in [-0.2, -0.15) is 0 Å². The molecule has 132 valence electrons. The average molecular weight is 340 g/mol. The van der Waals surface area contributed by atoms with Crippen molar-refractivity contribution in [2.45, 2.75) is 39.7 Å². The lowest BCUT2D eigenvalue weighted by Gasteiger charge is -2.17. The van der Waals surface area contributed by atoms with Crippen LogP contribution in [-0.4, -0.2) is 30.2 Å². The first-order valence-corrected chi connectivity index (χ1v) is 7.75. The van der Waals surface area contributed by atoms with E-state index in [9.17, 15) is 23.2 Å². The molecular formula is C17H22F2N2O3. The maximum absolute atomic E-state index is 13.4. The average Bonchev–Trinajstić information content (AvgIpc) is 2.50. The summed E-state index contributed by atoms with van der Waals surface area (Å²) in [6.45, 7) is 5.40. The van der Waals surface area contributed by atoms with Crippen LogP contribution < -0.4 is 10.6 Å². The number of nitrogens with one attached hydrogen (secondary N) is 2. The molecule has 2 amide bonds. The van der Waals surface area contributed by atoms with Gasteiger partial charge in [-0.25, -0.2) is 8.78 Å². The Morgan fingerprint density at radius 3 is 2.25 bits per heavy atom. The first-order valence-electron chi connectivity index (χ1n) is 7.75. The zero-order valence-corrected chi connectivity index (χ0v) is 14.0. The molecule has 0 heterocycles. The van der Waals surface area contributed by atoms with Gasteiger partial charge in [-0.05, 0) is 25.0 Å². The van der Waals surface area contributed by atoms with Crippen molar-refractivity contribution >= 4 is 17.6 Å². The number of carbonyl (C=O) groups excluding carboxylic acids is 3. The summed E-state index contributed by atoms with van der Waals surface area (Å²) in [5.41, 5.74) is -0.291. The lowest BCUT2D eigenvalue weighted by molar-refractivity contribution is -0.126. The van der Waals surface area contributed by atoms with Crippen molar-refractivity contribution in [1.29, 1.82) is 0 Å². The van der Waals surface area contributed by atoms with Gasteiger partial charge in [-0.3, -0.25) is 14.4 Å². The van der Waals surface area contributed by atoms with Gasteiger partial charge in [0.2, 0.25) is 11.8 Å². The molecule has 24 heavy (non-hydrogen) atoms. The molecule has 1 rings (SSSR count). The van der Waals surface area contributed by atoms with Crippen molar-refractivity contribution in [2.24, 2.45) is 5.92 Å². The summed E-state index contributed by atoms with van der Waals surface area (Å²) in [4.78, 5) is 35.1. The highest BCUT2D eigenvalue weighted by Gasteiger charge is 2.15. The van der Waals surface area contributed by atoms with Gasteiger partial charge in [-0.15, -0.1) is 0 Å². The number of hydrogen-bond acceptors (Lipinski definition) is 3. The Morgan fingerprint density at radius 2 is 1.67 bits per heavy atom. The number of hydrogen-bond donors (Lipinski definition) is 2. The van der Waals surface area contributed by atoms with Crippen LogP contribution >= 0.6 is 0 Å². The maximum Gasteiger partial charge on any atom is 0.220 e. The second-order valence-corrected chi connectivity index (χ2v) is 5.92. The van der Waals surface area contributed by atoms with Crippen molar-refractivity contribution in [3.8, 4) is 0 Å². The molecule has 0 saturated heterocycles. The van der Waals surface area contributed by atoms with Gasteiger partial charge in [0.1, 0.15) is 11.6 Å². The fourth-order valence-electron chi connectivity index (χ4n) is 1.80. The van der Waals surface area contributed by atoms with Crippen LogP contribution in [0.2, 0.25) is 0 Å². The van der Waals surface area contributed by atoms with Gasteiger partial charge in [0.05, 0.1) is 12.1 Å². The summed E-state index contributed by atoms with van der Waals surface area (Å²) in [5, 5.41) is 5.09. The molecular weight excluding hydrogens is 318 g/mol. The molecule has 0 radical (unpaired) electrons. The van der Waals surface area contributed by atoms with Crippen LogP contribution in [0.1, 0.15) is 44.0 Å². The molecule has 0 saturated carbocycles. The van der Waals surface area contributed by atoms with Crippen molar-refractivity contribution < 1.29 is 23.2 Å². The van der Waals surface area contributed by atoms with Crippen LogP contribution in [0.15, 0.2) is 18.2 Å². The van der Waals surface area contributed by atoms with Crippen molar-refractivity contribution in [2.75, 3.05) is 6.54 Å². The van der Waals surface area contributed by atoms with E-state index in [2.05, 4.69) is 10.6 Å². The van der Waals surface area contributed by atoms with Crippen LogP contribution in [0.5, 0.6) is 0 Å². The molecule has 2 N–H and O–H groups in total. The second-order valence-electron chi connectivity index (χ2n) is 5.92. The minimum Gasteiger partial charge on any atom is -0.353 e. The summed E-state index contributed by atoms with van der Waals surface area (Å²) in [6.07, 6.45) is -0.0716. The van der Waals surface area contributed by atoms with E-state index in [-0.39, 0.29) is 36.3 Å². The fourth-order valence-corrected chi connectivity index (χ4v) is 1.80. The molecule has 5 nitrogen and oxygen atoms in total. The Hall–Kier alpha value is -2.31. The summed E-state index contributed by atoms with van der Waals surface area (Å²) in [7, 11) is 0. The van der Waals surface area contributed by atoms with E-state index in [4.69, 9.17) is 0 Å². The minimum atomic E-state index is -0.976. The van der Waals surface area contributed by atoms with Gasteiger partial charge >= 0.3 is 0 Å². The number of halogens is 2. The van der Waals surface area contributed by atoms with Gasteiger partial charge in [0.15, 0.2) is 5.78 Å². The number of rotatable bonds is 8. The van der Waals surface area contributed by atoms with E-state index in [1.165, 1.54) is 0 Å². The third-order valence-corrected chi connectivity index (χ3v) is 3.65. The Bertz CT molecular complexity index is 618. The summed E-state index contributed by atoms with van der Waals surface area (Å²) in [6, 6.07) is 2.61. The minimum absolute atomic E-state index is 0.00198. The fraction of sp³-hybridized carbons (Fsp3) is 0.471. The van der Waals surface area contributed by atoms with Crippen molar-refractivity contribution in [3.05, 3.63) is 35.4 Å². The lowest BCUT2D eigenvalue weighted by Crippen LogP contribution is -2.37.